The van der Waals surface area contributed by atoms with Gasteiger partial charge in [-0.05, 0) is 12.1 Å². The summed E-state index contributed by atoms with van der Waals surface area (Å²) in [4.78, 5) is 22.1. The summed E-state index contributed by atoms with van der Waals surface area (Å²) in [5.74, 6) is -2.57. The van der Waals surface area contributed by atoms with Crippen LogP contribution in [0, 0.1) is 5.82 Å². The lowest BCUT2D eigenvalue weighted by Crippen LogP contribution is -2.15. The van der Waals surface area contributed by atoms with Crippen LogP contribution in [0.3, 0.4) is 0 Å². The number of benzene rings is 1. The van der Waals surface area contributed by atoms with Crippen LogP contribution in [0.4, 0.5) is 4.39 Å². The van der Waals surface area contributed by atoms with Gasteiger partial charge >= 0.3 is 11.9 Å². The number of esters is 2. The van der Waals surface area contributed by atoms with Crippen molar-refractivity contribution in [3.8, 4) is 0 Å². The van der Waals surface area contributed by atoms with Gasteiger partial charge in [0.1, 0.15) is 5.82 Å². The highest BCUT2D eigenvalue weighted by Crippen LogP contribution is 2.19. The van der Waals surface area contributed by atoms with E-state index in [1.807, 2.05) is 0 Å². The number of aliphatic hydroxyl groups excluding tert-OH is 1. The average molecular weight is 242 g/mol. The van der Waals surface area contributed by atoms with Gasteiger partial charge in [0, 0.05) is 5.56 Å². The highest BCUT2D eigenvalue weighted by atomic mass is 19.1. The Kier molecular flexibility index (Phi) is 4.17. The van der Waals surface area contributed by atoms with E-state index in [0.29, 0.717) is 0 Å². The van der Waals surface area contributed by atoms with Crippen molar-refractivity contribution in [3.05, 3.63) is 35.1 Å². The molecule has 92 valence electrons. The van der Waals surface area contributed by atoms with Crippen molar-refractivity contribution in [2.45, 2.75) is 6.10 Å². The van der Waals surface area contributed by atoms with Crippen LogP contribution in [0.25, 0.3) is 0 Å². The maximum absolute atomic E-state index is 13.5. The van der Waals surface area contributed by atoms with Gasteiger partial charge in [-0.15, -0.1) is 0 Å². The number of hydrogen-bond acceptors (Lipinski definition) is 5. The van der Waals surface area contributed by atoms with Crippen molar-refractivity contribution in [2.75, 3.05) is 14.2 Å². The smallest absolute Gasteiger partial charge is 0.339 e. The van der Waals surface area contributed by atoms with E-state index in [0.717, 1.165) is 26.4 Å². The van der Waals surface area contributed by atoms with Crippen LogP contribution in [-0.2, 0) is 14.3 Å². The second-order valence-corrected chi connectivity index (χ2v) is 3.15. The number of rotatable bonds is 3. The summed E-state index contributed by atoms with van der Waals surface area (Å²) in [5.41, 5.74) is -0.268. The second-order valence-electron chi connectivity index (χ2n) is 3.15. The number of aliphatic hydroxyl groups is 1. The van der Waals surface area contributed by atoms with E-state index in [2.05, 4.69) is 9.47 Å². The van der Waals surface area contributed by atoms with E-state index < -0.39 is 23.9 Å². The number of methoxy groups -OCH3 is 2. The van der Waals surface area contributed by atoms with Gasteiger partial charge in [-0.3, -0.25) is 0 Å². The fraction of sp³-hybridized carbons (Fsp3) is 0.273. The first-order valence-corrected chi connectivity index (χ1v) is 4.65. The Morgan fingerprint density at radius 3 is 2.41 bits per heavy atom. The minimum atomic E-state index is -1.72. The zero-order valence-electron chi connectivity index (χ0n) is 9.27. The lowest BCUT2D eigenvalue weighted by atomic mass is 10.1. The molecule has 1 aromatic rings. The van der Waals surface area contributed by atoms with E-state index in [1.165, 1.54) is 6.07 Å². The molecule has 0 aliphatic carbocycles. The normalized spacial score (nSPS) is 11.8. The molecule has 1 unspecified atom stereocenters. The van der Waals surface area contributed by atoms with Crippen molar-refractivity contribution in [1.82, 2.24) is 0 Å². The molecule has 17 heavy (non-hydrogen) atoms. The summed E-state index contributed by atoms with van der Waals surface area (Å²) in [7, 11) is 2.24. The van der Waals surface area contributed by atoms with Crippen LogP contribution in [0.5, 0.6) is 0 Å². The number of hydrogen-bond donors (Lipinski definition) is 1. The third-order valence-corrected chi connectivity index (χ3v) is 2.14. The van der Waals surface area contributed by atoms with Gasteiger partial charge in [-0.1, -0.05) is 6.07 Å². The van der Waals surface area contributed by atoms with Gasteiger partial charge in [0.25, 0.3) is 0 Å². The molecule has 6 heteroatoms. The van der Waals surface area contributed by atoms with Crippen molar-refractivity contribution in [1.29, 1.82) is 0 Å². The number of carbonyl (C=O) groups excluding carboxylic acids is 2. The SMILES string of the molecule is COC(=O)c1ccc(C(O)C(=O)OC)c(F)c1. The van der Waals surface area contributed by atoms with E-state index >= 15 is 0 Å². The molecule has 1 aromatic carbocycles. The van der Waals surface area contributed by atoms with Crippen molar-refractivity contribution >= 4 is 11.9 Å². The Morgan fingerprint density at radius 2 is 1.94 bits per heavy atom. The van der Waals surface area contributed by atoms with Crippen molar-refractivity contribution in [3.63, 3.8) is 0 Å². The lowest BCUT2D eigenvalue weighted by Gasteiger charge is -2.10. The van der Waals surface area contributed by atoms with Crippen LogP contribution in [-0.4, -0.2) is 31.3 Å². The molecular weight excluding hydrogens is 231 g/mol. The highest BCUT2D eigenvalue weighted by Gasteiger charge is 2.22. The fourth-order valence-electron chi connectivity index (χ4n) is 1.23. The Morgan fingerprint density at radius 1 is 1.29 bits per heavy atom. The molecule has 0 fully saturated rings. The Labute approximate surface area is 96.8 Å². The minimum Gasteiger partial charge on any atom is -0.467 e. The van der Waals surface area contributed by atoms with E-state index in [9.17, 15) is 19.1 Å². The maximum Gasteiger partial charge on any atom is 0.339 e. The first-order chi connectivity index (χ1) is 8.01. The molecule has 1 atom stereocenters. The maximum atomic E-state index is 13.5. The topological polar surface area (TPSA) is 72.8 Å². The predicted molar refractivity (Wildman–Crippen MR) is 54.7 cm³/mol. The first-order valence-electron chi connectivity index (χ1n) is 4.65. The number of halogens is 1. The molecule has 0 aromatic heterocycles. The molecule has 0 saturated heterocycles. The van der Waals surface area contributed by atoms with Crippen molar-refractivity contribution in [2.24, 2.45) is 0 Å². The summed E-state index contributed by atoms with van der Waals surface area (Å²) < 4.78 is 22.2. The van der Waals surface area contributed by atoms with Crippen LogP contribution in [0.15, 0.2) is 18.2 Å². The second kappa shape index (κ2) is 5.40. The number of carbonyl (C=O) groups is 2. The average Bonchev–Trinajstić information content (AvgIpc) is 2.35. The monoisotopic (exact) mass is 242 g/mol. The van der Waals surface area contributed by atoms with E-state index in [4.69, 9.17) is 0 Å². The number of ether oxygens (including phenoxy) is 2. The molecule has 0 aliphatic heterocycles. The molecule has 1 N–H and O–H groups in total. The molecule has 0 aliphatic rings. The van der Waals surface area contributed by atoms with Crippen LogP contribution >= 0.6 is 0 Å². The van der Waals surface area contributed by atoms with Gasteiger partial charge in [-0.2, -0.15) is 0 Å². The molecule has 0 radical (unpaired) electrons. The van der Waals surface area contributed by atoms with Crippen LogP contribution < -0.4 is 0 Å². The zero-order chi connectivity index (χ0) is 13.0. The summed E-state index contributed by atoms with van der Waals surface area (Å²) in [6.07, 6.45) is -1.72. The fourth-order valence-corrected chi connectivity index (χ4v) is 1.23. The molecule has 1 rings (SSSR count). The zero-order valence-corrected chi connectivity index (χ0v) is 9.27. The summed E-state index contributed by atoms with van der Waals surface area (Å²) in [6.45, 7) is 0. The van der Waals surface area contributed by atoms with Gasteiger partial charge in [-0.25, -0.2) is 14.0 Å². The largest absolute Gasteiger partial charge is 0.467 e. The van der Waals surface area contributed by atoms with Gasteiger partial charge in [0.15, 0.2) is 6.10 Å². The quantitative estimate of drug-likeness (QED) is 0.794. The third kappa shape index (κ3) is 2.79. The Balaban J connectivity index is 3.05. The molecule has 0 heterocycles. The molecule has 0 saturated carbocycles. The molecular formula is C11H11FO5. The molecule has 0 amide bonds. The van der Waals surface area contributed by atoms with E-state index in [1.54, 1.807) is 0 Å². The van der Waals surface area contributed by atoms with Gasteiger partial charge < -0.3 is 14.6 Å². The summed E-state index contributed by atoms with van der Waals surface area (Å²) in [5, 5.41) is 9.43. The summed E-state index contributed by atoms with van der Waals surface area (Å²) in [6, 6.07) is 3.26. The summed E-state index contributed by atoms with van der Waals surface area (Å²) >= 11 is 0. The molecule has 0 bridgehead atoms. The predicted octanol–water partition coefficient (Wildman–Crippen LogP) is 0.819. The van der Waals surface area contributed by atoms with Crippen LogP contribution in [0.2, 0.25) is 0 Å². The Hall–Kier alpha value is -1.95. The lowest BCUT2D eigenvalue weighted by molar-refractivity contribution is -0.150. The van der Waals surface area contributed by atoms with Gasteiger partial charge in [0.05, 0.1) is 19.8 Å². The van der Waals surface area contributed by atoms with Crippen LogP contribution in [0.1, 0.15) is 22.0 Å². The Bertz CT molecular complexity index is 443. The first kappa shape index (κ1) is 13.1. The molecule has 0 spiro atoms. The molecule has 5 nitrogen and oxygen atoms in total. The standard InChI is InChI=1S/C11H11FO5/c1-16-10(14)6-3-4-7(8(12)5-6)9(13)11(15)17-2/h3-5,9,13H,1-2H3. The van der Waals surface area contributed by atoms with E-state index in [-0.39, 0.29) is 11.1 Å². The third-order valence-electron chi connectivity index (χ3n) is 2.14. The van der Waals surface area contributed by atoms with Gasteiger partial charge in [0.2, 0.25) is 0 Å². The van der Waals surface area contributed by atoms with Crippen molar-refractivity contribution < 1.29 is 28.6 Å². The highest BCUT2D eigenvalue weighted by molar-refractivity contribution is 5.89. The minimum absolute atomic E-state index is 0.00850.